The molecule has 2 bridgehead atoms. The zero-order valence-electron chi connectivity index (χ0n) is 36.7. The lowest BCUT2D eigenvalue weighted by Gasteiger charge is -2.37. The second-order valence-electron chi connectivity index (χ2n) is 17.1. The summed E-state index contributed by atoms with van der Waals surface area (Å²) < 4.78 is 20.2. The molecule has 9 rings (SSSR count). The van der Waals surface area contributed by atoms with Crippen molar-refractivity contribution in [3.63, 3.8) is 0 Å². The molecule has 3 unspecified atom stereocenters. The molecule has 2 saturated carbocycles. The van der Waals surface area contributed by atoms with Gasteiger partial charge in [-0.05, 0) is 84.4 Å². The molecule has 338 valence electrons. The van der Waals surface area contributed by atoms with Crippen LogP contribution in [0.5, 0.6) is 11.5 Å². The van der Waals surface area contributed by atoms with Crippen LogP contribution in [-0.4, -0.2) is 74.6 Å². The molecule has 1 aliphatic heterocycles. The first-order valence-corrected chi connectivity index (χ1v) is 23.5. The van der Waals surface area contributed by atoms with E-state index in [1.165, 1.54) is 18.2 Å². The fourth-order valence-electron chi connectivity index (χ4n) is 10.1. The van der Waals surface area contributed by atoms with Gasteiger partial charge in [-0.25, -0.2) is 9.78 Å². The van der Waals surface area contributed by atoms with Gasteiger partial charge in [0.05, 0.1) is 31.1 Å². The maximum atomic E-state index is 14.0. The van der Waals surface area contributed by atoms with E-state index < -0.39 is 23.6 Å². The predicted molar refractivity (Wildman–Crippen MR) is 258 cm³/mol. The molecule has 4 atom stereocenters. The summed E-state index contributed by atoms with van der Waals surface area (Å²) in [4.78, 5) is 47.0. The average Bonchev–Trinajstić information content (AvgIpc) is 4.20. The Morgan fingerprint density at radius 1 is 0.924 bits per heavy atom. The molecule has 4 aromatic carbocycles. The standard InChI is InChI=1S/C52H51N5O7S2/c1-62-41-25-36(26-42(29-41)63-2)45-27-35(46(64-45)30-47-49(59)57(51(65)66-47)44-24-33-20-21-34(44)23-33)13-12-22-53-48(58)43(55-50(60)61)28-40-31-56(32-54-40)52(37-14-6-3-7-15-37,38-16-8-4-9-17-38)39-18-10-5-11-19-39/h3-11,14-19,25-27,29-34,43-44,55H,12-13,20-24,28H2,1-2H3,(H,53,58)(H,60,61)/t33?,34?,43-,44?/m0/s1. The smallest absolute Gasteiger partial charge is 0.405 e. The van der Waals surface area contributed by atoms with Crippen molar-refractivity contribution in [1.82, 2.24) is 25.1 Å². The van der Waals surface area contributed by atoms with E-state index in [1.54, 1.807) is 32.7 Å². The molecule has 2 aromatic heterocycles. The van der Waals surface area contributed by atoms with E-state index in [-0.39, 0.29) is 24.9 Å². The van der Waals surface area contributed by atoms with Crippen LogP contribution in [0.3, 0.4) is 0 Å². The number of nitrogens with one attached hydrogen (secondary N) is 2. The number of furan rings is 1. The van der Waals surface area contributed by atoms with Crippen LogP contribution in [0.15, 0.2) is 137 Å². The third-order valence-corrected chi connectivity index (χ3v) is 14.5. The number of nitrogens with zero attached hydrogens (tertiary/aromatic N) is 3. The maximum absolute atomic E-state index is 14.0. The summed E-state index contributed by atoms with van der Waals surface area (Å²) >= 11 is 7.10. The number of rotatable bonds is 17. The van der Waals surface area contributed by atoms with Crippen LogP contribution < -0.4 is 20.1 Å². The van der Waals surface area contributed by atoms with Crippen molar-refractivity contribution in [3.8, 4) is 22.8 Å². The van der Waals surface area contributed by atoms with E-state index in [1.807, 2.05) is 88.5 Å². The number of aromatic nitrogens is 2. The summed E-state index contributed by atoms with van der Waals surface area (Å²) in [5, 5.41) is 15.3. The molecule has 0 radical (unpaired) electrons. The number of hydrogen-bond donors (Lipinski definition) is 3. The van der Waals surface area contributed by atoms with E-state index in [9.17, 15) is 19.5 Å². The number of benzene rings is 4. The minimum atomic E-state index is -1.32. The molecule has 0 spiro atoms. The first-order chi connectivity index (χ1) is 32.1. The number of imidazole rings is 1. The number of methoxy groups -OCH3 is 2. The number of amides is 3. The van der Waals surface area contributed by atoms with Gasteiger partial charge >= 0.3 is 6.09 Å². The van der Waals surface area contributed by atoms with Gasteiger partial charge in [-0.15, -0.1) is 0 Å². The van der Waals surface area contributed by atoms with Crippen molar-refractivity contribution in [2.24, 2.45) is 11.8 Å². The Morgan fingerprint density at radius 2 is 1.56 bits per heavy atom. The minimum absolute atomic E-state index is 0.0131. The molecular weight excluding hydrogens is 871 g/mol. The highest BCUT2D eigenvalue weighted by Crippen LogP contribution is 2.50. The minimum Gasteiger partial charge on any atom is -0.497 e. The number of aryl methyl sites for hydroxylation is 1. The van der Waals surface area contributed by atoms with E-state index in [2.05, 4.69) is 47.0 Å². The normalized spacial score (nSPS) is 19.0. The number of carbonyl (C=O) groups excluding carboxylic acids is 2. The van der Waals surface area contributed by atoms with Crippen LogP contribution in [0.25, 0.3) is 17.4 Å². The summed E-state index contributed by atoms with van der Waals surface area (Å²) in [5.74, 6) is 2.85. The van der Waals surface area contributed by atoms with E-state index in [4.69, 9.17) is 31.1 Å². The number of hydrogen-bond acceptors (Lipinski definition) is 9. The van der Waals surface area contributed by atoms with Crippen molar-refractivity contribution in [2.75, 3.05) is 20.8 Å². The van der Waals surface area contributed by atoms with Gasteiger partial charge in [-0.1, -0.05) is 121 Å². The molecule has 3 fully saturated rings. The van der Waals surface area contributed by atoms with Crippen LogP contribution in [0.2, 0.25) is 0 Å². The number of carbonyl (C=O) groups is 3. The molecule has 2 aliphatic carbocycles. The Hall–Kier alpha value is -6.64. The van der Waals surface area contributed by atoms with Gasteiger partial charge in [0.15, 0.2) is 0 Å². The zero-order chi connectivity index (χ0) is 45.8. The van der Waals surface area contributed by atoms with Gasteiger partial charge in [0.1, 0.15) is 38.9 Å². The van der Waals surface area contributed by atoms with Gasteiger partial charge in [0.2, 0.25) is 5.91 Å². The molecular formula is C52H51N5O7S2. The molecule has 66 heavy (non-hydrogen) atoms. The molecule has 3 amide bonds. The SMILES string of the molecule is COc1cc(OC)cc(-c2cc(CCCNC(=O)[C@H](Cc3cn(C(c4ccccc4)(c4ccccc4)c4ccccc4)cn3)NC(=O)O)c(C=C3SC(=S)N(C4CC5CCC4C5)C3=O)o2)c1. The first-order valence-electron chi connectivity index (χ1n) is 22.2. The number of thioether (sulfide) groups is 1. The first kappa shape index (κ1) is 44.6. The monoisotopic (exact) mass is 921 g/mol. The Kier molecular flexibility index (Phi) is 13.1. The second kappa shape index (κ2) is 19.4. The van der Waals surface area contributed by atoms with Crippen molar-refractivity contribution < 1.29 is 33.4 Å². The van der Waals surface area contributed by atoms with Crippen molar-refractivity contribution in [3.05, 3.63) is 166 Å². The van der Waals surface area contributed by atoms with Crippen molar-refractivity contribution in [2.45, 2.75) is 62.6 Å². The molecule has 14 heteroatoms. The average molecular weight is 922 g/mol. The third kappa shape index (κ3) is 8.99. The Morgan fingerprint density at radius 3 is 2.12 bits per heavy atom. The third-order valence-electron chi connectivity index (χ3n) is 13.1. The largest absolute Gasteiger partial charge is 0.497 e. The Bertz CT molecular complexity index is 2640. The van der Waals surface area contributed by atoms with Gasteiger partial charge in [0, 0.05) is 42.9 Å². The number of fused-ring (bicyclic) bond motifs is 2. The second-order valence-corrected chi connectivity index (χ2v) is 18.8. The molecule has 3 aliphatic rings. The van der Waals surface area contributed by atoms with Gasteiger partial charge in [-0.3, -0.25) is 14.5 Å². The summed E-state index contributed by atoms with van der Waals surface area (Å²) in [7, 11) is 3.17. The summed E-state index contributed by atoms with van der Waals surface area (Å²) in [6.07, 6.45) is 9.58. The molecule has 3 N–H and O–H groups in total. The lowest BCUT2D eigenvalue weighted by Crippen LogP contribution is -2.48. The molecule has 6 aromatic rings. The molecule has 1 saturated heterocycles. The number of thiocarbonyl (C=S) groups is 1. The van der Waals surface area contributed by atoms with Crippen LogP contribution in [-0.2, 0) is 28.0 Å². The lowest BCUT2D eigenvalue weighted by atomic mass is 9.77. The highest BCUT2D eigenvalue weighted by Gasteiger charge is 2.48. The van der Waals surface area contributed by atoms with E-state index >= 15 is 0 Å². The fourth-order valence-corrected chi connectivity index (χ4v) is 11.4. The number of carboxylic acid groups (broad SMARTS) is 1. The van der Waals surface area contributed by atoms with Gasteiger partial charge in [-0.2, -0.15) is 0 Å². The van der Waals surface area contributed by atoms with Crippen LogP contribution in [0, 0.1) is 11.8 Å². The Balaban J connectivity index is 0.937. The highest BCUT2D eigenvalue weighted by atomic mass is 32.2. The lowest BCUT2D eigenvalue weighted by molar-refractivity contribution is -0.124. The van der Waals surface area contributed by atoms with Gasteiger partial charge < -0.3 is 34.2 Å². The van der Waals surface area contributed by atoms with E-state index in [0.717, 1.165) is 47.1 Å². The predicted octanol–water partition coefficient (Wildman–Crippen LogP) is 9.32. The van der Waals surface area contributed by atoms with E-state index in [0.29, 0.717) is 62.6 Å². The molecule has 12 nitrogen and oxygen atoms in total. The zero-order valence-corrected chi connectivity index (χ0v) is 38.4. The van der Waals surface area contributed by atoms with Crippen molar-refractivity contribution in [1.29, 1.82) is 0 Å². The molecule has 3 heterocycles. The quantitative estimate of drug-likeness (QED) is 0.0350. The maximum Gasteiger partial charge on any atom is 0.405 e. The van der Waals surface area contributed by atoms with Crippen molar-refractivity contribution >= 4 is 52.3 Å². The number of ether oxygens (including phenoxy) is 2. The van der Waals surface area contributed by atoms with Gasteiger partial charge in [0.25, 0.3) is 5.91 Å². The summed E-state index contributed by atoms with van der Waals surface area (Å²) in [6.45, 7) is 0.240. The van der Waals surface area contributed by atoms with Crippen LogP contribution >= 0.6 is 24.0 Å². The topological polar surface area (TPSA) is 148 Å². The van der Waals surface area contributed by atoms with Crippen LogP contribution in [0.4, 0.5) is 4.79 Å². The summed E-state index contributed by atoms with van der Waals surface area (Å²) in [5.41, 5.74) is 4.29. The fraction of sp³-hybridized carbons (Fsp3) is 0.288. The van der Waals surface area contributed by atoms with Crippen LogP contribution in [0.1, 0.15) is 65.8 Å². The Labute approximate surface area is 393 Å². The highest BCUT2D eigenvalue weighted by molar-refractivity contribution is 8.26. The summed E-state index contributed by atoms with van der Waals surface area (Å²) in [6, 6.07) is 36.9.